The summed E-state index contributed by atoms with van der Waals surface area (Å²) in [4.78, 5) is 0. The number of alkyl halides is 2. The second kappa shape index (κ2) is 6.23. The van der Waals surface area contributed by atoms with E-state index in [4.69, 9.17) is 0 Å². The van der Waals surface area contributed by atoms with E-state index in [9.17, 15) is 13.2 Å². The van der Waals surface area contributed by atoms with Crippen molar-refractivity contribution in [1.82, 2.24) is 10.2 Å². The van der Waals surface area contributed by atoms with Gasteiger partial charge in [-0.25, -0.2) is 13.2 Å². The fraction of sp³-hybridized carbons (Fsp3) is 0.308. The second-order valence-electron chi connectivity index (χ2n) is 3.46. The van der Waals surface area contributed by atoms with E-state index in [1.54, 1.807) is 19.1 Å². The van der Waals surface area contributed by atoms with Gasteiger partial charge in [0.15, 0.2) is 0 Å². The summed E-state index contributed by atoms with van der Waals surface area (Å²) in [6.07, 6.45) is -1.38. The first-order valence-electron chi connectivity index (χ1n) is 5.67. The number of H-pyrrole nitrogens is 1. The van der Waals surface area contributed by atoms with E-state index in [-0.39, 0.29) is 11.3 Å². The fourth-order valence-corrected chi connectivity index (χ4v) is 1.45. The van der Waals surface area contributed by atoms with Crippen molar-refractivity contribution in [2.75, 3.05) is 0 Å². The molecule has 2 rings (SSSR count). The van der Waals surface area contributed by atoms with Crippen LogP contribution in [0.15, 0.2) is 24.4 Å². The predicted molar refractivity (Wildman–Crippen MR) is 65.0 cm³/mol. The first-order chi connectivity index (χ1) is 8.59. The third-order valence-corrected chi connectivity index (χ3v) is 2.37. The molecule has 1 aromatic carbocycles. The van der Waals surface area contributed by atoms with Crippen LogP contribution in [0.3, 0.4) is 0 Å². The Morgan fingerprint density at radius 1 is 1.22 bits per heavy atom. The quantitative estimate of drug-likeness (QED) is 0.842. The van der Waals surface area contributed by atoms with Crippen molar-refractivity contribution >= 4 is 0 Å². The Morgan fingerprint density at radius 3 is 2.44 bits per heavy atom. The van der Waals surface area contributed by atoms with Gasteiger partial charge in [0.1, 0.15) is 11.5 Å². The van der Waals surface area contributed by atoms with Crippen molar-refractivity contribution in [1.29, 1.82) is 0 Å². The summed E-state index contributed by atoms with van der Waals surface area (Å²) in [6, 6.07) is 4.37. The van der Waals surface area contributed by atoms with Gasteiger partial charge < -0.3 is 0 Å². The largest absolute Gasteiger partial charge is 0.280 e. The number of aromatic amines is 1. The maximum Gasteiger partial charge on any atom is 0.280 e. The molecule has 18 heavy (non-hydrogen) atoms. The van der Waals surface area contributed by atoms with Gasteiger partial charge in [-0.2, -0.15) is 5.10 Å². The van der Waals surface area contributed by atoms with Crippen LogP contribution in [0.2, 0.25) is 0 Å². The number of nitrogens with zero attached hydrogens (tertiary/aromatic N) is 1. The fourth-order valence-electron chi connectivity index (χ4n) is 1.45. The summed E-state index contributed by atoms with van der Waals surface area (Å²) < 4.78 is 38.4. The highest BCUT2D eigenvalue weighted by atomic mass is 19.3. The molecule has 0 saturated carbocycles. The van der Waals surface area contributed by atoms with Crippen LogP contribution in [-0.2, 0) is 0 Å². The zero-order chi connectivity index (χ0) is 13.7. The van der Waals surface area contributed by atoms with Crippen LogP contribution in [0.5, 0.6) is 0 Å². The molecule has 1 N–H and O–H groups in total. The van der Waals surface area contributed by atoms with Gasteiger partial charge in [0, 0.05) is 5.56 Å². The van der Waals surface area contributed by atoms with Crippen molar-refractivity contribution in [2.24, 2.45) is 0 Å². The number of aromatic nitrogens is 2. The summed E-state index contributed by atoms with van der Waals surface area (Å²) in [5.74, 6) is -0.418. The Hall–Kier alpha value is -1.78. The lowest BCUT2D eigenvalue weighted by molar-refractivity contribution is 0.146. The molecule has 0 spiro atoms. The number of halogens is 3. The summed E-state index contributed by atoms with van der Waals surface area (Å²) in [6.45, 7) is 5.61. The monoisotopic (exact) mass is 256 g/mol. The third-order valence-electron chi connectivity index (χ3n) is 2.37. The molecule has 98 valence electrons. The molecule has 0 aliphatic carbocycles. The summed E-state index contributed by atoms with van der Waals surface area (Å²) in [5.41, 5.74) is 0.815. The van der Waals surface area contributed by atoms with E-state index in [1.807, 2.05) is 13.8 Å². The molecular formula is C13H15F3N2. The van der Waals surface area contributed by atoms with E-state index in [0.29, 0.717) is 11.1 Å². The van der Waals surface area contributed by atoms with Gasteiger partial charge in [-0.1, -0.05) is 26.0 Å². The van der Waals surface area contributed by atoms with Gasteiger partial charge in [0.25, 0.3) is 6.43 Å². The maximum absolute atomic E-state index is 13.3. The lowest BCUT2D eigenvalue weighted by Crippen LogP contribution is -1.90. The predicted octanol–water partition coefficient (Wildman–Crippen LogP) is 4.49. The number of aryl methyl sites for hydroxylation is 1. The number of benzene rings is 1. The molecule has 2 nitrogen and oxygen atoms in total. The van der Waals surface area contributed by atoms with Crippen LogP contribution in [0, 0.1) is 12.7 Å². The van der Waals surface area contributed by atoms with Gasteiger partial charge in [-0.3, -0.25) is 5.10 Å². The van der Waals surface area contributed by atoms with Gasteiger partial charge in [0.05, 0.1) is 6.20 Å². The summed E-state index contributed by atoms with van der Waals surface area (Å²) in [5, 5.41) is 5.76. The van der Waals surface area contributed by atoms with Crippen LogP contribution in [0.25, 0.3) is 11.1 Å². The maximum atomic E-state index is 13.3. The van der Waals surface area contributed by atoms with Crippen molar-refractivity contribution < 1.29 is 13.2 Å². The highest BCUT2D eigenvalue weighted by Crippen LogP contribution is 2.29. The molecule has 0 fully saturated rings. The number of hydrogen-bond donors (Lipinski definition) is 1. The number of hydrogen-bond acceptors (Lipinski definition) is 1. The SMILES string of the molecule is CC.Cc1ccc(-c2cn[nH]c2C(F)F)cc1F. The summed E-state index contributed by atoms with van der Waals surface area (Å²) in [7, 11) is 0. The average molecular weight is 256 g/mol. The lowest BCUT2D eigenvalue weighted by atomic mass is 10.0. The standard InChI is InChI=1S/C11H9F3N2.C2H6/c1-6-2-3-7(4-9(6)12)8-5-15-16-10(8)11(13)14;1-2/h2-5,11H,1H3,(H,15,16);1-2H3. The van der Waals surface area contributed by atoms with Gasteiger partial charge >= 0.3 is 0 Å². The highest BCUT2D eigenvalue weighted by Gasteiger charge is 2.16. The summed E-state index contributed by atoms with van der Waals surface area (Å²) >= 11 is 0. The Bertz CT molecular complexity index is 507. The normalized spacial score (nSPS) is 10.2. The van der Waals surface area contributed by atoms with Crippen molar-refractivity contribution in [2.45, 2.75) is 27.2 Å². The third kappa shape index (κ3) is 2.91. The smallest absolute Gasteiger partial charge is 0.276 e. The number of nitrogens with one attached hydrogen (secondary N) is 1. The molecule has 0 bridgehead atoms. The molecule has 0 atom stereocenters. The van der Waals surface area contributed by atoms with Crippen LogP contribution >= 0.6 is 0 Å². The van der Waals surface area contributed by atoms with E-state index in [2.05, 4.69) is 10.2 Å². The van der Waals surface area contributed by atoms with Gasteiger partial charge in [-0.05, 0) is 24.1 Å². The van der Waals surface area contributed by atoms with Crippen LogP contribution < -0.4 is 0 Å². The van der Waals surface area contributed by atoms with Crippen molar-refractivity contribution in [3.8, 4) is 11.1 Å². The molecule has 1 aromatic heterocycles. The molecule has 2 aromatic rings. The molecule has 5 heteroatoms. The molecule has 1 heterocycles. The Labute approximate surface area is 104 Å². The Kier molecular flexibility index (Phi) is 4.95. The zero-order valence-electron chi connectivity index (χ0n) is 10.5. The first kappa shape index (κ1) is 14.3. The molecule has 0 unspecified atom stereocenters. The van der Waals surface area contributed by atoms with Crippen LogP contribution in [-0.4, -0.2) is 10.2 Å². The first-order valence-corrected chi connectivity index (χ1v) is 5.67. The molecular weight excluding hydrogens is 241 g/mol. The molecule has 0 amide bonds. The Morgan fingerprint density at radius 2 is 1.89 bits per heavy atom. The lowest BCUT2D eigenvalue weighted by Gasteiger charge is -2.03. The van der Waals surface area contributed by atoms with Crippen LogP contribution in [0.4, 0.5) is 13.2 Å². The molecule has 0 aliphatic heterocycles. The molecule has 0 saturated heterocycles. The highest BCUT2D eigenvalue weighted by molar-refractivity contribution is 5.65. The van der Waals surface area contributed by atoms with Gasteiger partial charge in [-0.15, -0.1) is 0 Å². The zero-order valence-corrected chi connectivity index (χ0v) is 10.5. The van der Waals surface area contributed by atoms with E-state index in [0.717, 1.165) is 0 Å². The molecule has 0 aliphatic rings. The average Bonchev–Trinajstić information content (AvgIpc) is 2.84. The van der Waals surface area contributed by atoms with Crippen LogP contribution in [0.1, 0.15) is 31.5 Å². The molecule has 0 radical (unpaired) electrons. The minimum atomic E-state index is -2.65. The second-order valence-corrected chi connectivity index (χ2v) is 3.46. The number of rotatable bonds is 2. The minimum absolute atomic E-state index is 0.230. The van der Waals surface area contributed by atoms with Crippen molar-refractivity contribution in [3.05, 3.63) is 41.5 Å². The topological polar surface area (TPSA) is 28.7 Å². The van der Waals surface area contributed by atoms with Crippen molar-refractivity contribution in [3.63, 3.8) is 0 Å². The van der Waals surface area contributed by atoms with E-state index < -0.39 is 12.2 Å². The van der Waals surface area contributed by atoms with Gasteiger partial charge in [0.2, 0.25) is 0 Å². The van der Waals surface area contributed by atoms with E-state index >= 15 is 0 Å². The minimum Gasteiger partial charge on any atom is -0.276 e. The van der Waals surface area contributed by atoms with E-state index in [1.165, 1.54) is 12.3 Å². The Balaban J connectivity index is 0.000000771.